The number of rotatable bonds is 4. The standard InChI is InChI=1S/C15H20FNO2S/c1-3-6-17-7-4-12(5-8-17)13-9-14(16)11-15(10-13)20(2,18)19/h3,9-12H,1,4-8H2,2H3. The molecule has 1 aliphatic rings. The Labute approximate surface area is 120 Å². The molecule has 0 aliphatic carbocycles. The zero-order valence-corrected chi connectivity index (χ0v) is 12.5. The van der Waals surface area contributed by atoms with E-state index in [1.807, 2.05) is 6.08 Å². The Morgan fingerprint density at radius 1 is 1.35 bits per heavy atom. The van der Waals surface area contributed by atoms with Crippen LogP contribution in [0.1, 0.15) is 24.3 Å². The number of hydrogen-bond acceptors (Lipinski definition) is 3. The van der Waals surface area contributed by atoms with Crippen molar-refractivity contribution in [2.45, 2.75) is 23.7 Å². The van der Waals surface area contributed by atoms with Gasteiger partial charge in [-0.05, 0) is 55.6 Å². The van der Waals surface area contributed by atoms with Gasteiger partial charge in [0.05, 0.1) is 4.90 Å². The van der Waals surface area contributed by atoms with Crippen LogP contribution in [0.2, 0.25) is 0 Å². The number of piperidine rings is 1. The van der Waals surface area contributed by atoms with E-state index in [0.29, 0.717) is 0 Å². The summed E-state index contributed by atoms with van der Waals surface area (Å²) >= 11 is 0. The first-order valence-corrected chi connectivity index (χ1v) is 8.63. The van der Waals surface area contributed by atoms with Crippen molar-refractivity contribution < 1.29 is 12.8 Å². The van der Waals surface area contributed by atoms with E-state index in [1.165, 1.54) is 6.07 Å². The van der Waals surface area contributed by atoms with Crippen LogP contribution in [0.3, 0.4) is 0 Å². The lowest BCUT2D eigenvalue weighted by Crippen LogP contribution is -2.33. The van der Waals surface area contributed by atoms with Crippen molar-refractivity contribution in [3.63, 3.8) is 0 Å². The Bertz CT molecular complexity index is 590. The molecule has 0 bridgehead atoms. The van der Waals surface area contributed by atoms with Crippen LogP contribution in [0.4, 0.5) is 4.39 Å². The fraction of sp³-hybridized carbons (Fsp3) is 0.467. The maximum atomic E-state index is 13.6. The summed E-state index contributed by atoms with van der Waals surface area (Å²) < 4.78 is 36.8. The topological polar surface area (TPSA) is 37.4 Å². The summed E-state index contributed by atoms with van der Waals surface area (Å²) in [5, 5.41) is 0. The average Bonchev–Trinajstić information content (AvgIpc) is 2.38. The van der Waals surface area contributed by atoms with E-state index in [1.54, 1.807) is 6.07 Å². The van der Waals surface area contributed by atoms with Crippen molar-refractivity contribution in [2.24, 2.45) is 0 Å². The molecule has 0 saturated carbocycles. The maximum absolute atomic E-state index is 13.6. The summed E-state index contributed by atoms with van der Waals surface area (Å²) in [6, 6.07) is 4.17. The van der Waals surface area contributed by atoms with Gasteiger partial charge in [-0.2, -0.15) is 0 Å². The van der Waals surface area contributed by atoms with Gasteiger partial charge in [-0.15, -0.1) is 6.58 Å². The third-order valence-electron chi connectivity index (χ3n) is 3.77. The Morgan fingerprint density at radius 2 is 2.00 bits per heavy atom. The zero-order valence-electron chi connectivity index (χ0n) is 11.7. The molecule has 1 aromatic rings. The first-order chi connectivity index (χ1) is 9.40. The quantitative estimate of drug-likeness (QED) is 0.802. The molecule has 0 amide bonds. The highest BCUT2D eigenvalue weighted by Gasteiger charge is 2.22. The molecule has 2 rings (SSSR count). The first kappa shape index (κ1) is 15.2. The van der Waals surface area contributed by atoms with E-state index >= 15 is 0 Å². The van der Waals surface area contributed by atoms with Gasteiger partial charge < -0.3 is 0 Å². The van der Waals surface area contributed by atoms with Crippen LogP contribution in [0.25, 0.3) is 0 Å². The van der Waals surface area contributed by atoms with Gasteiger partial charge in [0, 0.05) is 12.8 Å². The minimum absolute atomic E-state index is 0.0704. The molecule has 1 aliphatic heterocycles. The van der Waals surface area contributed by atoms with E-state index in [4.69, 9.17) is 0 Å². The molecule has 1 saturated heterocycles. The van der Waals surface area contributed by atoms with Gasteiger partial charge in [0.25, 0.3) is 0 Å². The lowest BCUT2D eigenvalue weighted by atomic mass is 9.89. The van der Waals surface area contributed by atoms with Crippen molar-refractivity contribution in [3.05, 3.63) is 42.2 Å². The Balaban J connectivity index is 2.18. The van der Waals surface area contributed by atoms with Crippen molar-refractivity contribution in [2.75, 3.05) is 25.9 Å². The number of benzene rings is 1. The molecule has 0 aromatic heterocycles. The van der Waals surface area contributed by atoms with E-state index in [0.717, 1.165) is 50.4 Å². The fourth-order valence-electron chi connectivity index (χ4n) is 2.67. The van der Waals surface area contributed by atoms with Gasteiger partial charge in [-0.25, -0.2) is 12.8 Å². The number of likely N-dealkylation sites (tertiary alicyclic amines) is 1. The summed E-state index contributed by atoms with van der Waals surface area (Å²) in [6.07, 6.45) is 4.82. The third kappa shape index (κ3) is 3.67. The lowest BCUT2D eigenvalue weighted by molar-refractivity contribution is 0.232. The van der Waals surface area contributed by atoms with Crippen molar-refractivity contribution >= 4 is 9.84 Å². The van der Waals surface area contributed by atoms with Crippen molar-refractivity contribution in [3.8, 4) is 0 Å². The summed E-state index contributed by atoms with van der Waals surface area (Å²) in [6.45, 7) is 6.45. The van der Waals surface area contributed by atoms with Crippen LogP contribution in [0, 0.1) is 5.82 Å². The molecule has 0 unspecified atom stereocenters. The Kier molecular flexibility index (Phi) is 4.60. The van der Waals surface area contributed by atoms with Gasteiger partial charge in [0.15, 0.2) is 9.84 Å². The van der Waals surface area contributed by atoms with Crippen LogP contribution in [-0.4, -0.2) is 39.2 Å². The van der Waals surface area contributed by atoms with Gasteiger partial charge in [-0.3, -0.25) is 4.90 Å². The minimum Gasteiger partial charge on any atom is -0.300 e. The zero-order chi connectivity index (χ0) is 14.8. The van der Waals surface area contributed by atoms with E-state index in [9.17, 15) is 12.8 Å². The van der Waals surface area contributed by atoms with E-state index < -0.39 is 15.7 Å². The predicted octanol–water partition coefficient (Wildman–Crippen LogP) is 2.59. The smallest absolute Gasteiger partial charge is 0.175 e. The lowest BCUT2D eigenvalue weighted by Gasteiger charge is -2.31. The average molecular weight is 297 g/mol. The second-order valence-corrected chi connectivity index (χ2v) is 7.37. The van der Waals surface area contributed by atoms with Crippen LogP contribution in [0.5, 0.6) is 0 Å². The van der Waals surface area contributed by atoms with Crippen molar-refractivity contribution in [1.29, 1.82) is 0 Å². The van der Waals surface area contributed by atoms with Crippen molar-refractivity contribution in [1.82, 2.24) is 4.90 Å². The van der Waals surface area contributed by atoms with Crippen LogP contribution in [0.15, 0.2) is 35.7 Å². The van der Waals surface area contributed by atoms with Crippen LogP contribution >= 0.6 is 0 Å². The number of hydrogen-bond donors (Lipinski definition) is 0. The number of nitrogens with zero attached hydrogens (tertiary/aromatic N) is 1. The highest BCUT2D eigenvalue weighted by Crippen LogP contribution is 2.30. The highest BCUT2D eigenvalue weighted by molar-refractivity contribution is 7.90. The summed E-state index contributed by atoms with van der Waals surface area (Å²) in [7, 11) is -3.37. The molecule has 5 heteroatoms. The molecular formula is C15H20FNO2S. The molecular weight excluding hydrogens is 277 g/mol. The monoisotopic (exact) mass is 297 g/mol. The van der Waals surface area contributed by atoms with Crippen LogP contribution in [-0.2, 0) is 9.84 Å². The molecule has 1 heterocycles. The SMILES string of the molecule is C=CCN1CCC(c2cc(F)cc(S(C)(=O)=O)c2)CC1. The highest BCUT2D eigenvalue weighted by atomic mass is 32.2. The Morgan fingerprint density at radius 3 is 2.55 bits per heavy atom. The third-order valence-corrected chi connectivity index (χ3v) is 4.86. The molecule has 0 atom stereocenters. The first-order valence-electron chi connectivity index (χ1n) is 6.74. The minimum atomic E-state index is -3.37. The normalized spacial score (nSPS) is 18.1. The molecule has 0 radical (unpaired) electrons. The second kappa shape index (κ2) is 6.06. The van der Waals surface area contributed by atoms with Gasteiger partial charge in [0.1, 0.15) is 5.82 Å². The second-order valence-electron chi connectivity index (χ2n) is 5.36. The van der Waals surface area contributed by atoms with Crippen LogP contribution < -0.4 is 0 Å². The van der Waals surface area contributed by atoms with Gasteiger partial charge in [0.2, 0.25) is 0 Å². The maximum Gasteiger partial charge on any atom is 0.175 e. The summed E-state index contributed by atoms with van der Waals surface area (Å²) in [4.78, 5) is 2.36. The molecule has 1 fully saturated rings. The summed E-state index contributed by atoms with van der Waals surface area (Å²) in [5.41, 5.74) is 0.795. The van der Waals surface area contributed by atoms with Gasteiger partial charge in [-0.1, -0.05) is 6.08 Å². The number of halogens is 1. The molecule has 0 spiro atoms. The predicted molar refractivity (Wildman–Crippen MR) is 78.1 cm³/mol. The Hall–Kier alpha value is -1.20. The largest absolute Gasteiger partial charge is 0.300 e. The molecule has 1 aromatic carbocycles. The van der Waals surface area contributed by atoms with E-state index in [2.05, 4.69) is 11.5 Å². The molecule has 20 heavy (non-hydrogen) atoms. The van der Waals surface area contributed by atoms with Gasteiger partial charge >= 0.3 is 0 Å². The number of sulfone groups is 1. The molecule has 3 nitrogen and oxygen atoms in total. The molecule has 0 N–H and O–H groups in total. The fourth-order valence-corrected chi connectivity index (χ4v) is 3.34. The molecule has 110 valence electrons. The summed E-state index contributed by atoms with van der Waals surface area (Å²) in [5.74, 6) is -0.247. The van der Waals surface area contributed by atoms with E-state index in [-0.39, 0.29) is 10.8 Å².